The SMILES string of the molecule is C[Si](C)(C)OC1(C#N)CCC(C(F)(F)F)CC1. The van der Waals surface area contributed by atoms with Crippen molar-refractivity contribution in [2.45, 2.75) is 57.1 Å². The lowest BCUT2D eigenvalue weighted by Gasteiger charge is -2.39. The van der Waals surface area contributed by atoms with Gasteiger partial charge in [-0.2, -0.15) is 18.4 Å². The van der Waals surface area contributed by atoms with Crippen LogP contribution < -0.4 is 0 Å². The minimum absolute atomic E-state index is 0.00153. The molecule has 1 fully saturated rings. The molecule has 0 N–H and O–H groups in total. The van der Waals surface area contributed by atoms with Gasteiger partial charge >= 0.3 is 6.18 Å². The first kappa shape index (κ1) is 14.5. The summed E-state index contributed by atoms with van der Waals surface area (Å²) < 4.78 is 43.3. The van der Waals surface area contributed by atoms with E-state index in [4.69, 9.17) is 9.69 Å². The van der Waals surface area contributed by atoms with Crippen molar-refractivity contribution in [3.63, 3.8) is 0 Å². The van der Waals surface area contributed by atoms with Gasteiger partial charge < -0.3 is 4.43 Å². The summed E-state index contributed by atoms with van der Waals surface area (Å²) in [7, 11) is -1.91. The molecule has 1 saturated carbocycles. The van der Waals surface area contributed by atoms with Crippen LogP contribution in [-0.2, 0) is 4.43 Å². The molecule has 17 heavy (non-hydrogen) atoms. The molecule has 0 aromatic carbocycles. The lowest BCUT2D eigenvalue weighted by molar-refractivity contribution is -0.188. The number of rotatable bonds is 2. The van der Waals surface area contributed by atoms with Gasteiger partial charge in [0.15, 0.2) is 8.32 Å². The zero-order valence-electron chi connectivity index (χ0n) is 10.4. The summed E-state index contributed by atoms with van der Waals surface area (Å²) in [5.41, 5.74) is -0.980. The first-order valence-electron chi connectivity index (χ1n) is 5.76. The molecule has 1 aliphatic carbocycles. The average Bonchev–Trinajstić information content (AvgIpc) is 2.14. The molecule has 6 heteroatoms. The predicted octanol–water partition coefficient (Wildman–Crippen LogP) is 3.85. The minimum Gasteiger partial charge on any atom is -0.400 e. The Morgan fingerprint density at radius 3 is 2.00 bits per heavy atom. The van der Waals surface area contributed by atoms with E-state index in [2.05, 4.69) is 6.07 Å². The van der Waals surface area contributed by atoms with Crippen molar-refractivity contribution in [3.05, 3.63) is 0 Å². The zero-order chi connectivity index (χ0) is 13.3. The summed E-state index contributed by atoms with van der Waals surface area (Å²) in [6.45, 7) is 5.84. The Kier molecular flexibility index (Phi) is 3.94. The normalized spacial score (nSPS) is 31.0. The van der Waals surface area contributed by atoms with E-state index < -0.39 is 26.0 Å². The third kappa shape index (κ3) is 4.00. The number of nitrogens with zero attached hydrogens (tertiary/aromatic N) is 1. The van der Waals surface area contributed by atoms with Crippen LogP contribution >= 0.6 is 0 Å². The van der Waals surface area contributed by atoms with Crippen LogP contribution in [0.1, 0.15) is 25.7 Å². The van der Waals surface area contributed by atoms with Gasteiger partial charge in [0.05, 0.1) is 12.0 Å². The molecule has 0 aromatic heterocycles. The van der Waals surface area contributed by atoms with Gasteiger partial charge in [-0.05, 0) is 45.3 Å². The van der Waals surface area contributed by atoms with Gasteiger partial charge in [-0.3, -0.25) is 0 Å². The van der Waals surface area contributed by atoms with E-state index in [9.17, 15) is 13.2 Å². The Bertz CT molecular complexity index is 308. The Morgan fingerprint density at radius 1 is 1.24 bits per heavy atom. The van der Waals surface area contributed by atoms with Gasteiger partial charge in [0.25, 0.3) is 0 Å². The van der Waals surface area contributed by atoms with E-state index >= 15 is 0 Å². The van der Waals surface area contributed by atoms with Crippen LogP contribution in [0, 0.1) is 17.2 Å². The third-order valence-corrected chi connectivity index (χ3v) is 3.96. The molecule has 0 heterocycles. The van der Waals surface area contributed by atoms with E-state index in [-0.39, 0.29) is 25.7 Å². The highest BCUT2D eigenvalue weighted by molar-refractivity contribution is 6.69. The fourth-order valence-corrected chi connectivity index (χ4v) is 3.66. The summed E-state index contributed by atoms with van der Waals surface area (Å²) >= 11 is 0. The van der Waals surface area contributed by atoms with E-state index in [1.54, 1.807) is 0 Å². The Hall–Kier alpha value is -0.543. The molecule has 0 aliphatic heterocycles. The van der Waals surface area contributed by atoms with Crippen molar-refractivity contribution in [1.29, 1.82) is 5.26 Å². The average molecular weight is 265 g/mol. The van der Waals surface area contributed by atoms with E-state index in [1.807, 2.05) is 19.6 Å². The van der Waals surface area contributed by atoms with Crippen molar-refractivity contribution in [2.24, 2.45) is 5.92 Å². The van der Waals surface area contributed by atoms with Crippen molar-refractivity contribution in [1.82, 2.24) is 0 Å². The van der Waals surface area contributed by atoms with Crippen molar-refractivity contribution < 1.29 is 17.6 Å². The molecule has 0 radical (unpaired) electrons. The van der Waals surface area contributed by atoms with Gasteiger partial charge in [-0.1, -0.05) is 0 Å². The van der Waals surface area contributed by atoms with Crippen molar-refractivity contribution in [3.8, 4) is 6.07 Å². The topological polar surface area (TPSA) is 33.0 Å². The maximum atomic E-state index is 12.5. The van der Waals surface area contributed by atoms with Gasteiger partial charge in [0.1, 0.15) is 5.60 Å². The highest BCUT2D eigenvalue weighted by Crippen LogP contribution is 2.43. The van der Waals surface area contributed by atoms with Crippen LogP contribution in [0.25, 0.3) is 0 Å². The molecule has 0 saturated heterocycles. The summed E-state index contributed by atoms with van der Waals surface area (Å²) in [5.74, 6) is -1.27. The Balaban J connectivity index is 2.68. The molecule has 0 amide bonds. The number of nitriles is 1. The number of hydrogen-bond acceptors (Lipinski definition) is 2. The van der Waals surface area contributed by atoms with E-state index in [1.165, 1.54) is 0 Å². The summed E-state index contributed by atoms with van der Waals surface area (Å²) in [5, 5.41) is 9.16. The molecule has 1 aliphatic rings. The van der Waals surface area contributed by atoms with Crippen LogP contribution in [0.3, 0.4) is 0 Å². The molecule has 0 bridgehead atoms. The smallest absolute Gasteiger partial charge is 0.391 e. The largest absolute Gasteiger partial charge is 0.400 e. The van der Waals surface area contributed by atoms with Gasteiger partial charge in [0.2, 0.25) is 0 Å². The van der Waals surface area contributed by atoms with Crippen molar-refractivity contribution >= 4 is 8.32 Å². The second-order valence-corrected chi connectivity index (χ2v) is 10.1. The lowest BCUT2D eigenvalue weighted by Crippen LogP contribution is -2.45. The highest BCUT2D eigenvalue weighted by Gasteiger charge is 2.47. The second-order valence-electron chi connectivity index (χ2n) is 5.64. The fraction of sp³-hybridized carbons (Fsp3) is 0.909. The molecular weight excluding hydrogens is 247 g/mol. The fourth-order valence-electron chi connectivity index (χ4n) is 2.23. The molecule has 1 rings (SSSR count). The van der Waals surface area contributed by atoms with Gasteiger partial charge in [-0.25, -0.2) is 0 Å². The Morgan fingerprint density at radius 2 is 1.71 bits per heavy atom. The van der Waals surface area contributed by atoms with Gasteiger partial charge in [0, 0.05) is 0 Å². The number of hydrogen-bond donors (Lipinski definition) is 0. The lowest BCUT2D eigenvalue weighted by atomic mass is 9.79. The molecule has 0 atom stereocenters. The Labute approximate surface area is 101 Å². The number of alkyl halides is 3. The van der Waals surface area contributed by atoms with Crippen LogP contribution in [0.2, 0.25) is 19.6 Å². The molecular formula is C11H18F3NOSi. The summed E-state index contributed by atoms with van der Waals surface area (Å²) in [4.78, 5) is 0. The zero-order valence-corrected chi connectivity index (χ0v) is 11.4. The maximum Gasteiger partial charge on any atom is 0.391 e. The minimum atomic E-state index is -4.14. The highest BCUT2D eigenvalue weighted by atomic mass is 28.4. The quantitative estimate of drug-likeness (QED) is 0.710. The van der Waals surface area contributed by atoms with E-state index in [0.717, 1.165) is 0 Å². The second kappa shape index (κ2) is 4.62. The van der Waals surface area contributed by atoms with Crippen LogP contribution in [-0.4, -0.2) is 20.1 Å². The van der Waals surface area contributed by atoms with E-state index in [0.29, 0.717) is 0 Å². The molecule has 98 valence electrons. The van der Waals surface area contributed by atoms with Crippen LogP contribution in [0.15, 0.2) is 0 Å². The maximum absolute atomic E-state index is 12.5. The first-order valence-corrected chi connectivity index (χ1v) is 9.17. The van der Waals surface area contributed by atoms with Crippen LogP contribution in [0.4, 0.5) is 13.2 Å². The monoisotopic (exact) mass is 265 g/mol. The predicted molar refractivity (Wildman–Crippen MR) is 60.8 cm³/mol. The number of halogens is 3. The first-order chi connectivity index (χ1) is 7.58. The van der Waals surface area contributed by atoms with Crippen LogP contribution in [0.5, 0.6) is 0 Å². The third-order valence-electron chi connectivity index (χ3n) is 2.96. The molecule has 0 unspecified atom stereocenters. The molecule has 0 spiro atoms. The molecule has 0 aromatic rings. The van der Waals surface area contributed by atoms with Crippen molar-refractivity contribution in [2.75, 3.05) is 0 Å². The van der Waals surface area contributed by atoms with Gasteiger partial charge in [-0.15, -0.1) is 0 Å². The summed E-state index contributed by atoms with van der Waals surface area (Å²) in [6.07, 6.45) is -3.75. The molecule has 2 nitrogen and oxygen atoms in total. The summed E-state index contributed by atoms with van der Waals surface area (Å²) in [6, 6.07) is 2.09. The standard InChI is InChI=1S/C11H18F3NOSi/c1-17(2,3)16-10(8-15)6-4-9(5-7-10)11(12,13)14/h9H,4-7H2,1-3H3.